The lowest BCUT2D eigenvalue weighted by atomic mass is 9.49. The first-order valence-electron chi connectivity index (χ1n) is 8.95. The van der Waals surface area contributed by atoms with Crippen LogP contribution in [0.5, 0.6) is 5.75 Å². The number of aryl methyl sites for hydroxylation is 1. The van der Waals surface area contributed by atoms with Crippen LogP contribution in [0.2, 0.25) is 0 Å². The molecule has 0 unspecified atom stereocenters. The van der Waals surface area contributed by atoms with Gasteiger partial charge in [0.15, 0.2) is 0 Å². The largest absolute Gasteiger partial charge is 0.506 e. The molecule has 1 aromatic rings. The summed E-state index contributed by atoms with van der Waals surface area (Å²) in [7, 11) is 0. The fourth-order valence-corrected chi connectivity index (χ4v) is 5.91. The molecule has 4 bridgehead atoms. The summed E-state index contributed by atoms with van der Waals surface area (Å²) in [5, 5.41) is 10.3. The lowest BCUT2D eigenvalue weighted by Gasteiger charge is -2.55. The van der Waals surface area contributed by atoms with E-state index in [9.17, 15) is 9.90 Å². The highest BCUT2D eigenvalue weighted by Gasteiger charge is 2.55. The fourth-order valence-electron chi connectivity index (χ4n) is 5.63. The van der Waals surface area contributed by atoms with Crippen molar-refractivity contribution in [2.24, 2.45) is 23.2 Å². The summed E-state index contributed by atoms with van der Waals surface area (Å²) in [6.07, 6.45) is 8.62. The molecule has 0 aliphatic heterocycles. The van der Waals surface area contributed by atoms with E-state index in [0.29, 0.717) is 34.8 Å². The Morgan fingerprint density at radius 1 is 1.29 bits per heavy atom. The second-order valence-electron chi connectivity index (χ2n) is 8.13. The minimum atomic E-state index is -0.256. The predicted molar refractivity (Wildman–Crippen MR) is 93.7 cm³/mol. The van der Waals surface area contributed by atoms with Gasteiger partial charge in [0.1, 0.15) is 12.4 Å². The third kappa shape index (κ3) is 2.61. The molecule has 0 amide bonds. The van der Waals surface area contributed by atoms with Crippen molar-refractivity contribution in [2.45, 2.75) is 57.8 Å². The van der Waals surface area contributed by atoms with Crippen LogP contribution in [0.3, 0.4) is 0 Å². The number of esters is 1. The number of aromatic nitrogens is 1. The Kier molecular flexibility index (Phi) is 4.02. The topological polar surface area (TPSA) is 59.4 Å². The van der Waals surface area contributed by atoms with Crippen LogP contribution in [-0.2, 0) is 21.9 Å². The summed E-state index contributed by atoms with van der Waals surface area (Å²) < 4.78 is 5.73. The van der Waals surface area contributed by atoms with Gasteiger partial charge >= 0.3 is 5.97 Å². The van der Waals surface area contributed by atoms with Gasteiger partial charge in [0, 0.05) is 17.5 Å². The first-order valence-corrected chi connectivity index (χ1v) is 9.58. The molecule has 1 N–H and O–H groups in total. The Morgan fingerprint density at radius 3 is 2.42 bits per heavy atom. The van der Waals surface area contributed by atoms with Crippen molar-refractivity contribution in [3.05, 3.63) is 23.0 Å². The average Bonchev–Trinajstić information content (AvgIpc) is 2.54. The van der Waals surface area contributed by atoms with Gasteiger partial charge in [-0.1, -0.05) is 0 Å². The van der Waals surface area contributed by atoms with Crippen molar-refractivity contribution < 1.29 is 14.6 Å². The zero-order valence-electron chi connectivity index (χ0n) is 14.1. The van der Waals surface area contributed by atoms with Gasteiger partial charge in [0.05, 0.1) is 11.1 Å². The molecule has 4 aliphatic rings. The zero-order chi connectivity index (χ0) is 16.9. The van der Waals surface area contributed by atoms with Crippen LogP contribution in [-0.4, -0.2) is 16.1 Å². The highest BCUT2D eigenvalue weighted by atomic mass is 32.1. The van der Waals surface area contributed by atoms with Crippen molar-refractivity contribution in [3.63, 3.8) is 0 Å². The second kappa shape index (κ2) is 5.94. The van der Waals surface area contributed by atoms with Gasteiger partial charge in [-0.05, 0) is 68.8 Å². The molecule has 24 heavy (non-hydrogen) atoms. The number of ether oxygens (including phenoxy) is 1. The van der Waals surface area contributed by atoms with Crippen LogP contribution >= 0.6 is 12.6 Å². The molecule has 5 heteroatoms. The first kappa shape index (κ1) is 16.2. The molecule has 0 radical (unpaired) electrons. The number of pyridine rings is 1. The molecule has 4 fully saturated rings. The van der Waals surface area contributed by atoms with E-state index in [1.807, 2.05) is 0 Å². The standard InChI is InChI=1S/C19H25NO3S/c1-11-17(21)16(15(10-24)8-20-11)9-23-18(22)19-5-12-2-13(6-19)4-14(3-12)7-19/h8,12-14,21,24H,2-7,9-10H2,1H3. The second-order valence-corrected chi connectivity index (χ2v) is 8.44. The van der Waals surface area contributed by atoms with E-state index >= 15 is 0 Å². The van der Waals surface area contributed by atoms with Crippen LogP contribution < -0.4 is 0 Å². The monoisotopic (exact) mass is 347 g/mol. The molecular formula is C19H25NO3S. The Labute approximate surface area is 148 Å². The number of hydrogen-bond acceptors (Lipinski definition) is 5. The van der Waals surface area contributed by atoms with Crippen LogP contribution in [0.1, 0.15) is 55.3 Å². The Hall–Kier alpha value is -1.23. The number of thiol groups is 1. The lowest BCUT2D eigenvalue weighted by Crippen LogP contribution is -2.50. The highest BCUT2D eigenvalue weighted by molar-refractivity contribution is 7.79. The molecule has 4 aliphatic carbocycles. The number of nitrogens with zero attached hydrogens (tertiary/aromatic N) is 1. The molecule has 0 atom stereocenters. The van der Waals surface area contributed by atoms with E-state index in [1.165, 1.54) is 19.3 Å². The molecular weight excluding hydrogens is 322 g/mol. The maximum Gasteiger partial charge on any atom is 0.312 e. The molecule has 130 valence electrons. The summed E-state index contributed by atoms with van der Waals surface area (Å²) in [6, 6.07) is 0. The molecule has 0 spiro atoms. The number of rotatable bonds is 4. The summed E-state index contributed by atoms with van der Waals surface area (Å²) in [4.78, 5) is 17.1. The first-order chi connectivity index (χ1) is 11.5. The molecule has 0 aromatic carbocycles. The van der Waals surface area contributed by atoms with Gasteiger partial charge < -0.3 is 9.84 Å². The van der Waals surface area contributed by atoms with Crippen LogP contribution in [0.25, 0.3) is 0 Å². The predicted octanol–water partition coefficient (Wildman–Crippen LogP) is 3.79. The van der Waals surface area contributed by atoms with E-state index in [4.69, 9.17) is 4.74 Å². The lowest BCUT2D eigenvalue weighted by molar-refractivity contribution is -0.173. The van der Waals surface area contributed by atoms with Crippen LogP contribution in [0, 0.1) is 30.1 Å². The molecule has 5 rings (SSSR count). The zero-order valence-corrected chi connectivity index (χ0v) is 15.0. The normalized spacial score (nSPS) is 33.7. The number of carbonyl (C=O) groups is 1. The molecule has 4 saturated carbocycles. The average molecular weight is 347 g/mol. The summed E-state index contributed by atoms with van der Waals surface area (Å²) >= 11 is 4.29. The smallest absolute Gasteiger partial charge is 0.312 e. The van der Waals surface area contributed by atoms with E-state index in [0.717, 1.165) is 24.8 Å². The summed E-state index contributed by atoms with van der Waals surface area (Å²) in [5.41, 5.74) is 1.77. The number of carbonyl (C=O) groups excluding carboxylic acids is 1. The van der Waals surface area contributed by atoms with Crippen molar-refractivity contribution in [1.82, 2.24) is 4.98 Å². The Bertz CT molecular complexity index is 638. The fraction of sp³-hybridized carbons (Fsp3) is 0.684. The number of aromatic hydroxyl groups is 1. The SMILES string of the molecule is Cc1ncc(CS)c(COC(=O)C23CC4CC(CC(C4)C2)C3)c1O. The van der Waals surface area contributed by atoms with Crippen LogP contribution in [0.15, 0.2) is 6.20 Å². The van der Waals surface area contributed by atoms with Gasteiger partial charge in [0.2, 0.25) is 0 Å². The third-order valence-electron chi connectivity index (χ3n) is 6.42. The van der Waals surface area contributed by atoms with Gasteiger partial charge in [-0.2, -0.15) is 12.6 Å². The number of hydrogen-bond donors (Lipinski definition) is 2. The van der Waals surface area contributed by atoms with Gasteiger partial charge in [-0.3, -0.25) is 9.78 Å². The van der Waals surface area contributed by atoms with E-state index in [-0.39, 0.29) is 23.7 Å². The minimum Gasteiger partial charge on any atom is -0.506 e. The summed E-state index contributed by atoms with van der Waals surface area (Å²) in [5.74, 6) is 2.68. The highest BCUT2D eigenvalue weighted by Crippen LogP contribution is 2.60. The van der Waals surface area contributed by atoms with Crippen LogP contribution in [0.4, 0.5) is 0 Å². The molecule has 1 heterocycles. The van der Waals surface area contributed by atoms with E-state index in [2.05, 4.69) is 17.6 Å². The molecule has 1 aromatic heterocycles. The third-order valence-corrected chi connectivity index (χ3v) is 6.76. The maximum atomic E-state index is 12.9. The van der Waals surface area contributed by atoms with Gasteiger partial charge in [-0.15, -0.1) is 0 Å². The summed E-state index contributed by atoms with van der Waals surface area (Å²) in [6.45, 7) is 1.87. The van der Waals surface area contributed by atoms with E-state index in [1.54, 1.807) is 13.1 Å². The van der Waals surface area contributed by atoms with Crippen molar-refractivity contribution in [1.29, 1.82) is 0 Å². The van der Waals surface area contributed by atoms with Crippen molar-refractivity contribution in [2.75, 3.05) is 0 Å². The van der Waals surface area contributed by atoms with Crippen molar-refractivity contribution in [3.8, 4) is 5.75 Å². The van der Waals surface area contributed by atoms with Gasteiger partial charge in [-0.25, -0.2) is 0 Å². The Balaban J connectivity index is 1.51. The molecule has 0 saturated heterocycles. The maximum absolute atomic E-state index is 12.9. The van der Waals surface area contributed by atoms with Crippen molar-refractivity contribution >= 4 is 18.6 Å². The minimum absolute atomic E-state index is 0.0550. The van der Waals surface area contributed by atoms with Gasteiger partial charge in [0.25, 0.3) is 0 Å². The molecule has 4 nitrogen and oxygen atoms in total. The Morgan fingerprint density at radius 2 is 1.88 bits per heavy atom. The van der Waals surface area contributed by atoms with E-state index < -0.39 is 0 Å². The quantitative estimate of drug-likeness (QED) is 0.643.